The largest absolute Gasteiger partial charge is 0.392 e. The fraction of sp³-hybridized carbons (Fsp3) is 0.273. The van der Waals surface area contributed by atoms with E-state index in [4.69, 9.17) is 9.47 Å². The summed E-state index contributed by atoms with van der Waals surface area (Å²) in [5.74, 6) is -0.511. The summed E-state index contributed by atoms with van der Waals surface area (Å²) >= 11 is 0. The van der Waals surface area contributed by atoms with Gasteiger partial charge in [0.1, 0.15) is 0 Å². The fourth-order valence-electron chi connectivity index (χ4n) is 7.54. The minimum atomic E-state index is -0.533. The van der Waals surface area contributed by atoms with Gasteiger partial charge in [-0.1, -0.05) is 109 Å². The number of nitrogens with zero attached hydrogens (tertiary/aromatic N) is 3. The monoisotopic (exact) mass is 693 g/mol. The maximum atomic E-state index is 13.0. The van der Waals surface area contributed by atoms with E-state index < -0.39 is 6.29 Å². The maximum Gasteiger partial charge on any atom is 0.261 e. The van der Waals surface area contributed by atoms with Gasteiger partial charge >= 0.3 is 0 Å². The van der Waals surface area contributed by atoms with Crippen molar-refractivity contribution in [2.45, 2.75) is 44.6 Å². The van der Waals surface area contributed by atoms with Crippen LogP contribution in [-0.2, 0) is 29.2 Å². The van der Waals surface area contributed by atoms with Gasteiger partial charge in [0.05, 0.1) is 36.5 Å². The highest BCUT2D eigenvalue weighted by atomic mass is 16.7. The van der Waals surface area contributed by atoms with Gasteiger partial charge in [-0.05, 0) is 51.6 Å². The molecule has 8 rings (SSSR count). The van der Waals surface area contributed by atoms with Crippen molar-refractivity contribution in [3.63, 3.8) is 0 Å². The van der Waals surface area contributed by atoms with Crippen LogP contribution >= 0.6 is 0 Å². The molecule has 0 aliphatic carbocycles. The van der Waals surface area contributed by atoms with E-state index in [1.54, 1.807) is 24.3 Å². The number of carbonyl (C=O) groups is 2. The van der Waals surface area contributed by atoms with Crippen LogP contribution in [0.2, 0.25) is 0 Å². The zero-order valence-corrected chi connectivity index (χ0v) is 29.1. The van der Waals surface area contributed by atoms with E-state index in [0.29, 0.717) is 11.1 Å². The molecule has 264 valence electrons. The molecule has 3 heterocycles. The standard InChI is InChI=1S/C44H43N3O5/c48-30-32-13-15-35(16-14-32)41-26-38(29-46-23-21-45(22-24-46)27-31-7-2-1-3-8-31)51-44(52-41)36-19-17-34(18-20-36)37-10-6-9-33(25-37)28-47-42(49)39-11-4-5-12-40(39)43(47)50/h1-20,25,38,41,44,48H,21-24,26-30H2/t38-,41+,44+/m1/s1. The molecule has 8 heteroatoms. The zero-order valence-electron chi connectivity index (χ0n) is 29.1. The van der Waals surface area contributed by atoms with E-state index in [2.05, 4.69) is 76.5 Å². The van der Waals surface area contributed by atoms with Crippen molar-refractivity contribution in [2.24, 2.45) is 0 Å². The minimum absolute atomic E-state index is 0.00837. The summed E-state index contributed by atoms with van der Waals surface area (Å²) in [6, 6.07) is 41.9. The number of hydrogen-bond acceptors (Lipinski definition) is 7. The van der Waals surface area contributed by atoms with Crippen LogP contribution in [0.15, 0.2) is 127 Å². The first-order valence-electron chi connectivity index (χ1n) is 18.1. The molecule has 0 spiro atoms. The highest BCUT2D eigenvalue weighted by Gasteiger charge is 2.36. The molecule has 3 aliphatic heterocycles. The van der Waals surface area contributed by atoms with E-state index in [-0.39, 0.29) is 37.2 Å². The summed E-state index contributed by atoms with van der Waals surface area (Å²) in [4.78, 5) is 32.3. The molecule has 5 aromatic carbocycles. The van der Waals surface area contributed by atoms with Crippen LogP contribution < -0.4 is 0 Å². The van der Waals surface area contributed by atoms with Crippen LogP contribution in [0.1, 0.15) is 67.3 Å². The van der Waals surface area contributed by atoms with Crippen LogP contribution in [0.25, 0.3) is 11.1 Å². The zero-order chi connectivity index (χ0) is 35.4. The van der Waals surface area contributed by atoms with Crippen LogP contribution in [0.4, 0.5) is 0 Å². The van der Waals surface area contributed by atoms with Gasteiger partial charge in [0.25, 0.3) is 11.8 Å². The Bertz CT molecular complexity index is 1970. The molecule has 0 bridgehead atoms. The summed E-state index contributed by atoms with van der Waals surface area (Å²) in [7, 11) is 0. The molecule has 0 unspecified atom stereocenters. The lowest BCUT2D eigenvalue weighted by atomic mass is 9.98. The minimum Gasteiger partial charge on any atom is -0.392 e. The van der Waals surface area contributed by atoms with Crippen LogP contribution in [0.3, 0.4) is 0 Å². The van der Waals surface area contributed by atoms with E-state index in [9.17, 15) is 14.7 Å². The first kappa shape index (κ1) is 34.1. The average molecular weight is 694 g/mol. The molecule has 8 nitrogen and oxygen atoms in total. The molecule has 52 heavy (non-hydrogen) atoms. The van der Waals surface area contributed by atoms with Gasteiger partial charge in [-0.2, -0.15) is 0 Å². The van der Waals surface area contributed by atoms with Gasteiger partial charge in [-0.25, -0.2) is 0 Å². The lowest BCUT2D eigenvalue weighted by Gasteiger charge is -2.40. The van der Waals surface area contributed by atoms with E-state index >= 15 is 0 Å². The van der Waals surface area contributed by atoms with Gasteiger partial charge in [0.2, 0.25) is 0 Å². The number of ether oxygens (including phenoxy) is 2. The normalized spacial score (nSPS) is 21.0. The highest BCUT2D eigenvalue weighted by molar-refractivity contribution is 6.21. The SMILES string of the molecule is O=C1c2ccccc2C(=O)N1Cc1cccc(-c2ccc([C@H]3O[C@@H](CN4CCN(Cc5ccccc5)CC4)C[C@@H](c4ccc(CO)cc4)O3)cc2)c1. The van der Waals surface area contributed by atoms with Gasteiger partial charge in [0, 0.05) is 51.3 Å². The van der Waals surface area contributed by atoms with Crippen LogP contribution in [0.5, 0.6) is 0 Å². The molecule has 3 atom stereocenters. The quantitative estimate of drug-likeness (QED) is 0.158. The maximum absolute atomic E-state index is 13.0. The highest BCUT2D eigenvalue weighted by Crippen LogP contribution is 2.39. The Morgan fingerprint density at radius 3 is 1.90 bits per heavy atom. The van der Waals surface area contributed by atoms with Gasteiger partial charge in [-0.15, -0.1) is 0 Å². The predicted molar refractivity (Wildman–Crippen MR) is 199 cm³/mol. The van der Waals surface area contributed by atoms with Gasteiger partial charge < -0.3 is 14.6 Å². The third-order valence-corrected chi connectivity index (χ3v) is 10.5. The Hall–Kier alpha value is -4.96. The summed E-state index contributed by atoms with van der Waals surface area (Å²) in [5.41, 5.74) is 8.06. The van der Waals surface area contributed by atoms with E-state index in [0.717, 1.165) is 79.1 Å². The smallest absolute Gasteiger partial charge is 0.261 e. The van der Waals surface area contributed by atoms with Crippen molar-refractivity contribution in [1.29, 1.82) is 0 Å². The molecule has 3 aliphatic rings. The second-order valence-corrected chi connectivity index (χ2v) is 14.0. The molecule has 0 aromatic heterocycles. The summed E-state index contributed by atoms with van der Waals surface area (Å²) < 4.78 is 13.3. The number of rotatable bonds is 10. The Morgan fingerprint density at radius 2 is 1.21 bits per heavy atom. The molecule has 1 N–H and O–H groups in total. The van der Waals surface area contributed by atoms with Gasteiger partial charge in [-0.3, -0.25) is 24.3 Å². The van der Waals surface area contributed by atoms with Crippen molar-refractivity contribution < 1.29 is 24.2 Å². The summed E-state index contributed by atoms with van der Waals surface area (Å²) in [6.45, 7) is 6.07. The number of piperazine rings is 1. The number of benzene rings is 5. The molecule has 2 amide bonds. The number of imide groups is 1. The molecule has 2 fully saturated rings. The second kappa shape index (κ2) is 15.3. The molecule has 5 aromatic rings. The lowest BCUT2D eigenvalue weighted by molar-refractivity contribution is -0.253. The number of aliphatic hydroxyl groups is 1. The Morgan fingerprint density at radius 1 is 0.577 bits per heavy atom. The first-order chi connectivity index (χ1) is 25.5. The average Bonchev–Trinajstić information content (AvgIpc) is 3.44. The number of aliphatic hydroxyl groups excluding tert-OH is 1. The van der Waals surface area contributed by atoms with Crippen molar-refractivity contribution in [1.82, 2.24) is 14.7 Å². The van der Waals surface area contributed by atoms with Crippen molar-refractivity contribution in [3.05, 3.63) is 166 Å². The molecular formula is C44H43N3O5. The number of amides is 2. The van der Waals surface area contributed by atoms with E-state index in [1.807, 2.05) is 36.4 Å². The number of fused-ring (bicyclic) bond motifs is 1. The van der Waals surface area contributed by atoms with Crippen LogP contribution in [-0.4, -0.2) is 70.4 Å². The third kappa shape index (κ3) is 7.48. The Labute approximate surface area is 304 Å². The van der Waals surface area contributed by atoms with Gasteiger partial charge in [0.15, 0.2) is 6.29 Å². The van der Waals surface area contributed by atoms with Crippen molar-refractivity contribution >= 4 is 11.8 Å². The predicted octanol–water partition coefficient (Wildman–Crippen LogP) is 7.01. The Kier molecular flexibility index (Phi) is 10.1. The number of carbonyl (C=O) groups excluding carboxylic acids is 2. The fourth-order valence-corrected chi connectivity index (χ4v) is 7.54. The molecule has 0 radical (unpaired) electrons. The number of hydrogen-bond donors (Lipinski definition) is 1. The first-order valence-corrected chi connectivity index (χ1v) is 18.1. The lowest BCUT2D eigenvalue weighted by Crippen LogP contribution is -2.49. The topological polar surface area (TPSA) is 82.6 Å². The van der Waals surface area contributed by atoms with Crippen molar-refractivity contribution in [2.75, 3.05) is 32.7 Å². The third-order valence-electron chi connectivity index (χ3n) is 10.5. The Balaban J connectivity index is 0.952. The molecule has 0 saturated carbocycles. The van der Waals surface area contributed by atoms with E-state index in [1.165, 1.54) is 10.5 Å². The molecule has 2 saturated heterocycles. The molecular weight excluding hydrogens is 651 g/mol. The summed E-state index contributed by atoms with van der Waals surface area (Å²) in [6.07, 6.45) is 0.0571. The summed E-state index contributed by atoms with van der Waals surface area (Å²) in [5, 5.41) is 9.60. The second-order valence-electron chi connectivity index (χ2n) is 14.0. The van der Waals surface area contributed by atoms with Crippen LogP contribution in [0, 0.1) is 0 Å². The van der Waals surface area contributed by atoms with Crippen molar-refractivity contribution in [3.8, 4) is 11.1 Å².